The van der Waals surface area contributed by atoms with E-state index in [4.69, 9.17) is 0 Å². The van der Waals surface area contributed by atoms with Gasteiger partial charge in [0.1, 0.15) is 5.82 Å². The average Bonchev–Trinajstić information content (AvgIpc) is 2.88. The van der Waals surface area contributed by atoms with Gasteiger partial charge in [-0.1, -0.05) is 51.1 Å². The molecule has 0 aliphatic carbocycles. The van der Waals surface area contributed by atoms with Crippen molar-refractivity contribution in [1.29, 1.82) is 0 Å². The second-order valence-electron chi connectivity index (χ2n) is 10.5. The molecule has 38 heavy (non-hydrogen) atoms. The van der Waals surface area contributed by atoms with E-state index in [1.54, 1.807) is 31.2 Å². The number of anilines is 2. The van der Waals surface area contributed by atoms with Crippen molar-refractivity contribution in [3.05, 3.63) is 88.7 Å². The summed E-state index contributed by atoms with van der Waals surface area (Å²) in [5.41, 5.74) is 5.71. The van der Waals surface area contributed by atoms with E-state index in [-0.39, 0.29) is 28.8 Å². The maximum Gasteiger partial charge on any atom is 0.228 e. The lowest BCUT2D eigenvalue weighted by Gasteiger charge is -2.32. The maximum atomic E-state index is 14.9. The summed E-state index contributed by atoms with van der Waals surface area (Å²) in [6.07, 6.45) is 3.89. The van der Waals surface area contributed by atoms with E-state index >= 15 is 0 Å². The van der Waals surface area contributed by atoms with Crippen molar-refractivity contribution in [1.82, 2.24) is 0 Å². The maximum absolute atomic E-state index is 14.9. The number of sulfone groups is 1. The normalized spacial score (nSPS) is 13.4. The summed E-state index contributed by atoms with van der Waals surface area (Å²) in [6, 6.07) is 17.9. The third-order valence-corrected chi connectivity index (χ3v) is 8.77. The zero-order valence-corrected chi connectivity index (χ0v) is 23.3. The van der Waals surface area contributed by atoms with Gasteiger partial charge in [0, 0.05) is 24.5 Å². The first-order chi connectivity index (χ1) is 18.1. The van der Waals surface area contributed by atoms with Crippen LogP contribution in [-0.2, 0) is 40.3 Å². The molecule has 0 bridgehead atoms. The van der Waals surface area contributed by atoms with E-state index < -0.39 is 9.84 Å². The molecule has 0 radical (unpaired) electrons. The van der Waals surface area contributed by atoms with E-state index in [1.807, 2.05) is 0 Å². The number of hydrogen-bond donors (Lipinski definition) is 1. The Labute approximate surface area is 226 Å². The van der Waals surface area contributed by atoms with E-state index in [9.17, 15) is 17.6 Å². The molecule has 3 aromatic carbocycles. The van der Waals surface area contributed by atoms with Crippen LogP contribution in [0.15, 0.2) is 65.6 Å². The van der Waals surface area contributed by atoms with Gasteiger partial charge in [0.05, 0.1) is 17.1 Å². The lowest BCUT2D eigenvalue weighted by Crippen LogP contribution is -2.31. The molecule has 4 rings (SSSR count). The lowest BCUT2D eigenvalue weighted by molar-refractivity contribution is -0.115. The van der Waals surface area contributed by atoms with Gasteiger partial charge < -0.3 is 10.2 Å². The summed E-state index contributed by atoms with van der Waals surface area (Å²) in [7, 11) is -3.28. The quantitative estimate of drug-likeness (QED) is 0.345. The summed E-state index contributed by atoms with van der Waals surface area (Å²) < 4.78 is 38.9. The Balaban J connectivity index is 1.35. The molecule has 0 spiro atoms. The third kappa shape index (κ3) is 7.01. The fourth-order valence-corrected chi connectivity index (χ4v) is 5.87. The minimum atomic E-state index is -3.28. The molecule has 1 aliphatic rings. The van der Waals surface area contributed by atoms with Gasteiger partial charge in [0.25, 0.3) is 0 Å². The van der Waals surface area contributed by atoms with Crippen molar-refractivity contribution in [2.24, 2.45) is 5.92 Å². The first kappa shape index (κ1) is 27.8. The Bertz CT molecular complexity index is 1380. The zero-order chi connectivity index (χ0) is 27.3. The molecular weight excluding hydrogens is 499 g/mol. The summed E-state index contributed by atoms with van der Waals surface area (Å²) in [6.45, 7) is 7.76. The predicted octanol–water partition coefficient (Wildman–Crippen LogP) is 5.99. The van der Waals surface area contributed by atoms with Crippen molar-refractivity contribution in [3.63, 3.8) is 0 Å². The van der Waals surface area contributed by atoms with Crippen molar-refractivity contribution in [2.75, 3.05) is 29.1 Å². The van der Waals surface area contributed by atoms with Crippen LogP contribution in [0.3, 0.4) is 0 Å². The highest BCUT2D eigenvalue weighted by Gasteiger charge is 2.18. The number of fused-ring (bicyclic) bond motifs is 1. The molecule has 0 saturated heterocycles. The number of amides is 1. The third-order valence-electron chi connectivity index (χ3n) is 7.02. The fourth-order valence-electron chi connectivity index (χ4n) is 4.98. The van der Waals surface area contributed by atoms with Crippen LogP contribution in [0.5, 0.6) is 0 Å². The van der Waals surface area contributed by atoms with E-state index in [0.717, 1.165) is 32.4 Å². The number of carbonyl (C=O) groups excluding carboxylic acids is 1. The second-order valence-corrected chi connectivity index (χ2v) is 12.8. The standard InChI is InChI=1S/C31H37FN2O3S/c1-4-38(36,37)28-13-8-23(9-14-28)20-31(35)33-27-12-11-25(29(32)21-27)15-17-34-16-5-6-26-10-7-24(18-22(2)3)19-30(26)34/h7-14,19,21-22H,4-6,15-18,20H2,1-3H3,(H,33,35). The highest BCUT2D eigenvalue weighted by atomic mass is 32.2. The largest absolute Gasteiger partial charge is 0.371 e. The van der Waals surface area contributed by atoms with E-state index in [0.29, 0.717) is 29.2 Å². The number of carbonyl (C=O) groups is 1. The van der Waals surface area contributed by atoms with Gasteiger partial charge >= 0.3 is 0 Å². The molecule has 1 amide bonds. The molecule has 1 aliphatic heterocycles. The van der Waals surface area contributed by atoms with Gasteiger partial charge in [-0.25, -0.2) is 12.8 Å². The van der Waals surface area contributed by atoms with Gasteiger partial charge in [-0.2, -0.15) is 0 Å². The summed E-state index contributed by atoms with van der Waals surface area (Å²) in [4.78, 5) is 15.1. The molecular formula is C31H37FN2O3S. The SMILES string of the molecule is CCS(=O)(=O)c1ccc(CC(=O)Nc2ccc(CCN3CCCc4ccc(CC(C)C)cc43)c(F)c2)cc1. The van der Waals surface area contributed by atoms with Crippen molar-refractivity contribution in [2.45, 2.75) is 57.8 Å². The molecule has 5 nitrogen and oxygen atoms in total. The van der Waals surface area contributed by atoms with Crippen LogP contribution in [0.1, 0.15) is 49.4 Å². The van der Waals surface area contributed by atoms with E-state index in [2.05, 4.69) is 42.3 Å². The lowest BCUT2D eigenvalue weighted by atomic mass is 9.95. The Morgan fingerprint density at radius 2 is 1.76 bits per heavy atom. The number of benzene rings is 3. The number of rotatable bonds is 10. The molecule has 3 aromatic rings. The molecule has 0 unspecified atom stereocenters. The highest BCUT2D eigenvalue weighted by molar-refractivity contribution is 7.91. The molecule has 1 N–H and O–H groups in total. The van der Waals surface area contributed by atoms with Gasteiger partial charge in [-0.3, -0.25) is 4.79 Å². The minimum absolute atomic E-state index is 0.0267. The summed E-state index contributed by atoms with van der Waals surface area (Å²) in [5.74, 6) is 0.00955. The molecule has 0 fully saturated rings. The van der Waals surface area contributed by atoms with Crippen LogP contribution in [-0.4, -0.2) is 33.2 Å². The molecule has 0 aromatic heterocycles. The minimum Gasteiger partial charge on any atom is -0.371 e. The van der Waals surface area contributed by atoms with Gasteiger partial charge in [0.15, 0.2) is 9.84 Å². The first-order valence-electron chi connectivity index (χ1n) is 13.4. The van der Waals surface area contributed by atoms with Gasteiger partial charge in [0.2, 0.25) is 5.91 Å². The molecule has 7 heteroatoms. The number of nitrogens with zero attached hydrogens (tertiary/aromatic N) is 1. The number of nitrogens with one attached hydrogen (secondary N) is 1. The smallest absolute Gasteiger partial charge is 0.228 e. The zero-order valence-electron chi connectivity index (χ0n) is 22.5. The average molecular weight is 537 g/mol. The van der Waals surface area contributed by atoms with Crippen LogP contribution in [0.4, 0.5) is 15.8 Å². The number of hydrogen-bond acceptors (Lipinski definition) is 4. The molecule has 0 saturated carbocycles. The van der Waals surface area contributed by atoms with Crippen molar-refractivity contribution >= 4 is 27.1 Å². The van der Waals surface area contributed by atoms with Gasteiger partial charge in [-0.05, 0) is 84.2 Å². The van der Waals surface area contributed by atoms with Crippen molar-refractivity contribution < 1.29 is 17.6 Å². The molecule has 1 heterocycles. The van der Waals surface area contributed by atoms with Crippen LogP contribution in [0, 0.1) is 11.7 Å². The monoisotopic (exact) mass is 536 g/mol. The van der Waals surface area contributed by atoms with Gasteiger partial charge in [-0.15, -0.1) is 0 Å². The fraction of sp³-hybridized carbons (Fsp3) is 0.387. The Hall–Kier alpha value is -3.19. The number of halogens is 1. The highest BCUT2D eigenvalue weighted by Crippen LogP contribution is 2.29. The summed E-state index contributed by atoms with van der Waals surface area (Å²) in [5, 5.41) is 2.75. The van der Waals surface area contributed by atoms with Crippen LogP contribution in [0.25, 0.3) is 0 Å². The second kappa shape index (κ2) is 12.1. The Morgan fingerprint density at radius 3 is 2.45 bits per heavy atom. The van der Waals surface area contributed by atoms with Crippen molar-refractivity contribution in [3.8, 4) is 0 Å². The van der Waals surface area contributed by atoms with Crippen LogP contribution >= 0.6 is 0 Å². The Kier molecular flexibility index (Phi) is 8.87. The van der Waals surface area contributed by atoms with Crippen LogP contribution < -0.4 is 10.2 Å². The van der Waals surface area contributed by atoms with E-state index in [1.165, 1.54) is 35.0 Å². The predicted molar refractivity (Wildman–Crippen MR) is 152 cm³/mol. The Morgan fingerprint density at radius 1 is 1.03 bits per heavy atom. The number of aryl methyl sites for hydroxylation is 1. The van der Waals surface area contributed by atoms with Crippen LogP contribution in [0.2, 0.25) is 0 Å². The summed E-state index contributed by atoms with van der Waals surface area (Å²) >= 11 is 0. The molecule has 0 atom stereocenters. The molecule has 202 valence electrons. The first-order valence-corrected chi connectivity index (χ1v) is 15.1. The topological polar surface area (TPSA) is 66.5 Å².